The lowest BCUT2D eigenvalue weighted by Crippen LogP contribution is -2.32. The van der Waals surface area contributed by atoms with Crippen molar-refractivity contribution in [2.24, 2.45) is 18.7 Å². The molecular weight excluding hydrogens is 192 g/mol. The van der Waals surface area contributed by atoms with Gasteiger partial charge in [-0.15, -0.1) is 0 Å². The summed E-state index contributed by atoms with van der Waals surface area (Å²) < 4.78 is 1.79. The molecule has 84 valence electrons. The molecule has 0 saturated carbocycles. The smallest absolute Gasteiger partial charge is 0.224 e. The van der Waals surface area contributed by atoms with Crippen molar-refractivity contribution in [2.45, 2.75) is 20.4 Å². The zero-order valence-electron chi connectivity index (χ0n) is 9.45. The third-order valence-corrected chi connectivity index (χ3v) is 2.59. The molecule has 0 spiro atoms. The fraction of sp³-hybridized carbons (Fsp3) is 0.600. The van der Waals surface area contributed by atoms with E-state index in [0.717, 1.165) is 11.3 Å². The number of amides is 1. The number of nitrogens with zero attached hydrogens (tertiary/aromatic N) is 2. The third kappa shape index (κ3) is 2.79. The molecule has 0 bridgehead atoms. The summed E-state index contributed by atoms with van der Waals surface area (Å²) in [6.45, 7) is 4.67. The monoisotopic (exact) mass is 210 g/mol. The first-order valence-electron chi connectivity index (χ1n) is 5.01. The van der Waals surface area contributed by atoms with Gasteiger partial charge in [0.05, 0.1) is 6.20 Å². The van der Waals surface area contributed by atoms with Gasteiger partial charge in [-0.05, 0) is 6.92 Å². The van der Waals surface area contributed by atoms with Crippen molar-refractivity contribution >= 4 is 5.91 Å². The second kappa shape index (κ2) is 4.93. The van der Waals surface area contributed by atoms with Crippen molar-refractivity contribution in [1.29, 1.82) is 0 Å². The summed E-state index contributed by atoms with van der Waals surface area (Å²) in [5, 5.41) is 6.93. The van der Waals surface area contributed by atoms with Crippen LogP contribution in [0.3, 0.4) is 0 Å². The van der Waals surface area contributed by atoms with Crippen molar-refractivity contribution in [3.63, 3.8) is 0 Å². The fourth-order valence-electron chi connectivity index (χ4n) is 1.18. The summed E-state index contributed by atoms with van der Waals surface area (Å²) in [5.41, 5.74) is 7.50. The summed E-state index contributed by atoms with van der Waals surface area (Å²) in [4.78, 5) is 11.4. The van der Waals surface area contributed by atoms with Crippen LogP contribution >= 0.6 is 0 Å². The Morgan fingerprint density at radius 3 is 2.87 bits per heavy atom. The van der Waals surface area contributed by atoms with Gasteiger partial charge in [0.1, 0.15) is 0 Å². The van der Waals surface area contributed by atoms with E-state index in [4.69, 9.17) is 5.73 Å². The van der Waals surface area contributed by atoms with Crippen molar-refractivity contribution in [3.8, 4) is 0 Å². The molecule has 1 aromatic rings. The fourth-order valence-corrected chi connectivity index (χ4v) is 1.18. The Morgan fingerprint density at radius 2 is 2.40 bits per heavy atom. The van der Waals surface area contributed by atoms with Gasteiger partial charge in [0.25, 0.3) is 0 Å². The molecular formula is C10H18N4O. The molecule has 0 aromatic carbocycles. The summed E-state index contributed by atoms with van der Waals surface area (Å²) in [6, 6.07) is 0. The van der Waals surface area contributed by atoms with Crippen LogP contribution in [0.15, 0.2) is 6.20 Å². The Labute approximate surface area is 89.6 Å². The molecule has 0 fully saturated rings. The van der Waals surface area contributed by atoms with Crippen LogP contribution in [0.1, 0.15) is 18.2 Å². The average molecular weight is 210 g/mol. The molecule has 1 atom stereocenters. The van der Waals surface area contributed by atoms with Gasteiger partial charge in [0, 0.05) is 37.3 Å². The van der Waals surface area contributed by atoms with Gasteiger partial charge in [0.2, 0.25) is 5.91 Å². The number of aryl methyl sites for hydroxylation is 1. The van der Waals surface area contributed by atoms with Crippen molar-refractivity contribution in [3.05, 3.63) is 17.5 Å². The van der Waals surface area contributed by atoms with Crippen LogP contribution in [0, 0.1) is 12.8 Å². The lowest BCUT2D eigenvalue weighted by atomic mass is 10.1. The van der Waals surface area contributed by atoms with E-state index in [1.54, 1.807) is 10.9 Å². The second-order valence-electron chi connectivity index (χ2n) is 3.73. The Balaban J connectivity index is 2.51. The van der Waals surface area contributed by atoms with Gasteiger partial charge in [-0.25, -0.2) is 0 Å². The van der Waals surface area contributed by atoms with Crippen LogP contribution in [0.4, 0.5) is 0 Å². The lowest BCUT2D eigenvalue weighted by molar-refractivity contribution is -0.124. The SMILES string of the molecule is Cc1c(CNC(=O)C(C)CN)cnn1C. The molecule has 1 rings (SSSR count). The lowest BCUT2D eigenvalue weighted by Gasteiger charge is -2.09. The largest absolute Gasteiger partial charge is 0.352 e. The highest BCUT2D eigenvalue weighted by Crippen LogP contribution is 2.05. The van der Waals surface area contributed by atoms with Gasteiger partial charge in [-0.3, -0.25) is 9.48 Å². The van der Waals surface area contributed by atoms with Gasteiger partial charge < -0.3 is 11.1 Å². The summed E-state index contributed by atoms with van der Waals surface area (Å²) in [5.74, 6) is -0.150. The molecule has 1 heterocycles. The number of rotatable bonds is 4. The van der Waals surface area contributed by atoms with Crippen LogP contribution in [-0.2, 0) is 18.4 Å². The van der Waals surface area contributed by atoms with Crippen molar-refractivity contribution in [2.75, 3.05) is 6.54 Å². The number of hydrogen-bond donors (Lipinski definition) is 2. The molecule has 1 amide bonds. The highest BCUT2D eigenvalue weighted by molar-refractivity contribution is 5.78. The predicted molar refractivity (Wildman–Crippen MR) is 58.0 cm³/mol. The summed E-state index contributed by atoms with van der Waals surface area (Å²) >= 11 is 0. The van der Waals surface area contributed by atoms with Gasteiger partial charge >= 0.3 is 0 Å². The molecule has 0 aliphatic heterocycles. The minimum Gasteiger partial charge on any atom is -0.352 e. The standard InChI is InChI=1S/C10H18N4O/c1-7(4-11)10(15)12-5-9-6-13-14(3)8(9)2/h6-7H,4-5,11H2,1-3H3,(H,12,15). The quantitative estimate of drug-likeness (QED) is 0.731. The zero-order chi connectivity index (χ0) is 11.4. The van der Waals surface area contributed by atoms with E-state index >= 15 is 0 Å². The van der Waals surface area contributed by atoms with E-state index in [0.29, 0.717) is 13.1 Å². The number of nitrogens with one attached hydrogen (secondary N) is 1. The first-order chi connectivity index (χ1) is 7.06. The number of hydrogen-bond acceptors (Lipinski definition) is 3. The van der Waals surface area contributed by atoms with E-state index in [-0.39, 0.29) is 11.8 Å². The number of carbonyl (C=O) groups excluding carboxylic acids is 1. The minimum absolute atomic E-state index is 0.0132. The molecule has 5 nitrogen and oxygen atoms in total. The Hall–Kier alpha value is -1.36. The van der Waals surface area contributed by atoms with E-state index in [2.05, 4.69) is 10.4 Å². The summed E-state index contributed by atoms with van der Waals surface area (Å²) in [6.07, 6.45) is 1.77. The van der Waals surface area contributed by atoms with Crippen molar-refractivity contribution in [1.82, 2.24) is 15.1 Å². The topological polar surface area (TPSA) is 72.9 Å². The highest BCUT2D eigenvalue weighted by atomic mass is 16.1. The first kappa shape index (κ1) is 11.7. The maximum atomic E-state index is 11.4. The highest BCUT2D eigenvalue weighted by Gasteiger charge is 2.11. The number of aromatic nitrogens is 2. The molecule has 0 aliphatic carbocycles. The number of carbonyl (C=O) groups is 1. The second-order valence-corrected chi connectivity index (χ2v) is 3.73. The maximum absolute atomic E-state index is 11.4. The molecule has 3 N–H and O–H groups in total. The molecule has 5 heteroatoms. The van der Waals surface area contributed by atoms with Crippen LogP contribution < -0.4 is 11.1 Å². The van der Waals surface area contributed by atoms with Crippen molar-refractivity contribution < 1.29 is 4.79 Å². The Morgan fingerprint density at radius 1 is 1.73 bits per heavy atom. The van der Waals surface area contributed by atoms with Gasteiger partial charge in [-0.1, -0.05) is 6.92 Å². The number of nitrogens with two attached hydrogens (primary N) is 1. The van der Waals surface area contributed by atoms with E-state index < -0.39 is 0 Å². The first-order valence-corrected chi connectivity index (χ1v) is 5.01. The predicted octanol–water partition coefficient (Wildman–Crippen LogP) is -0.0605. The average Bonchev–Trinajstić information content (AvgIpc) is 2.55. The molecule has 0 saturated heterocycles. The maximum Gasteiger partial charge on any atom is 0.224 e. The van der Waals surface area contributed by atoms with E-state index in [1.165, 1.54) is 0 Å². The minimum atomic E-state index is -0.137. The van der Waals surface area contributed by atoms with Crippen LogP contribution in [0.25, 0.3) is 0 Å². The molecule has 1 unspecified atom stereocenters. The summed E-state index contributed by atoms with van der Waals surface area (Å²) in [7, 11) is 1.88. The van der Waals surface area contributed by atoms with Gasteiger partial charge in [0.15, 0.2) is 0 Å². The van der Waals surface area contributed by atoms with Gasteiger partial charge in [-0.2, -0.15) is 5.10 Å². The van der Waals surface area contributed by atoms with Crippen LogP contribution in [-0.4, -0.2) is 22.2 Å². The molecule has 1 aromatic heterocycles. The van der Waals surface area contributed by atoms with E-state index in [9.17, 15) is 4.79 Å². The molecule has 0 aliphatic rings. The Bertz CT molecular complexity index is 345. The molecule has 15 heavy (non-hydrogen) atoms. The molecule has 0 radical (unpaired) electrons. The normalized spacial score (nSPS) is 12.5. The van der Waals surface area contributed by atoms with Crippen LogP contribution in [0.5, 0.6) is 0 Å². The van der Waals surface area contributed by atoms with E-state index in [1.807, 2.05) is 20.9 Å². The Kier molecular flexibility index (Phi) is 3.85. The third-order valence-electron chi connectivity index (χ3n) is 2.59. The van der Waals surface area contributed by atoms with Crippen LogP contribution in [0.2, 0.25) is 0 Å². The zero-order valence-corrected chi connectivity index (χ0v) is 9.45.